The zero-order chi connectivity index (χ0) is 11.8. The van der Waals surface area contributed by atoms with Gasteiger partial charge in [-0.2, -0.15) is 0 Å². The van der Waals surface area contributed by atoms with Crippen LogP contribution in [0.25, 0.3) is 0 Å². The lowest BCUT2D eigenvalue weighted by Gasteiger charge is -2.38. The largest absolute Gasteiger partial charge is 0.480 e. The first kappa shape index (κ1) is 11.4. The molecular formula is C11H18N2O3. The molecule has 0 aromatic heterocycles. The van der Waals surface area contributed by atoms with Crippen molar-refractivity contribution in [3.05, 3.63) is 0 Å². The van der Waals surface area contributed by atoms with Crippen LogP contribution in [-0.2, 0) is 9.59 Å². The van der Waals surface area contributed by atoms with Gasteiger partial charge in [-0.3, -0.25) is 4.79 Å². The van der Waals surface area contributed by atoms with Gasteiger partial charge in [0.05, 0.1) is 0 Å². The van der Waals surface area contributed by atoms with Gasteiger partial charge in [0.1, 0.15) is 6.04 Å². The molecule has 1 aliphatic heterocycles. The zero-order valence-corrected chi connectivity index (χ0v) is 9.32. The van der Waals surface area contributed by atoms with Crippen molar-refractivity contribution < 1.29 is 14.7 Å². The van der Waals surface area contributed by atoms with Crippen LogP contribution in [0, 0.1) is 0 Å². The van der Waals surface area contributed by atoms with Crippen LogP contribution in [0.1, 0.15) is 38.5 Å². The van der Waals surface area contributed by atoms with E-state index in [0.717, 1.165) is 25.7 Å². The summed E-state index contributed by atoms with van der Waals surface area (Å²) in [6, 6.07) is -0.629. The molecular weight excluding hydrogens is 208 g/mol. The maximum atomic E-state index is 12.0. The summed E-state index contributed by atoms with van der Waals surface area (Å²) in [7, 11) is 0. The standard InChI is InChI=1S/C11H18N2O3/c12-11(4-2-5-11)7-9(14)13-6-1-3-8(13)10(15)16/h8H,1-7,12H2,(H,15,16)/t8-/m0/s1. The van der Waals surface area contributed by atoms with E-state index in [2.05, 4.69) is 0 Å². The number of carboxylic acids is 1. The number of carboxylic acid groups (broad SMARTS) is 1. The number of aliphatic carboxylic acids is 1. The van der Waals surface area contributed by atoms with Crippen molar-refractivity contribution in [2.45, 2.75) is 50.1 Å². The van der Waals surface area contributed by atoms with Gasteiger partial charge in [0, 0.05) is 18.5 Å². The minimum atomic E-state index is -0.898. The molecule has 0 unspecified atom stereocenters. The summed E-state index contributed by atoms with van der Waals surface area (Å²) in [5, 5.41) is 8.98. The molecule has 2 aliphatic rings. The molecule has 0 aromatic rings. The Bertz CT molecular complexity index is 312. The summed E-state index contributed by atoms with van der Waals surface area (Å²) in [5.74, 6) is -0.988. The molecule has 0 spiro atoms. The number of amides is 1. The van der Waals surface area contributed by atoms with E-state index in [9.17, 15) is 9.59 Å². The molecule has 0 aromatic carbocycles. The van der Waals surface area contributed by atoms with Crippen LogP contribution >= 0.6 is 0 Å². The average Bonchev–Trinajstić information content (AvgIpc) is 2.63. The summed E-state index contributed by atoms with van der Waals surface area (Å²) in [4.78, 5) is 24.4. The van der Waals surface area contributed by atoms with Crippen LogP contribution in [0.4, 0.5) is 0 Å². The number of rotatable bonds is 3. The van der Waals surface area contributed by atoms with Gasteiger partial charge in [-0.25, -0.2) is 4.79 Å². The lowest BCUT2D eigenvalue weighted by atomic mass is 9.75. The van der Waals surface area contributed by atoms with Gasteiger partial charge in [0.2, 0.25) is 5.91 Å². The Morgan fingerprint density at radius 2 is 2.06 bits per heavy atom. The average molecular weight is 226 g/mol. The lowest BCUT2D eigenvalue weighted by molar-refractivity contribution is -0.149. The number of carbonyl (C=O) groups excluding carboxylic acids is 1. The molecule has 1 saturated carbocycles. The summed E-state index contributed by atoms with van der Waals surface area (Å²) >= 11 is 0. The van der Waals surface area contributed by atoms with E-state index in [-0.39, 0.29) is 11.4 Å². The fraction of sp³-hybridized carbons (Fsp3) is 0.818. The third-order valence-corrected chi connectivity index (χ3v) is 3.71. The molecule has 2 rings (SSSR count). The second-order valence-electron chi connectivity index (χ2n) is 4.98. The van der Waals surface area contributed by atoms with Crippen molar-refractivity contribution in [1.29, 1.82) is 0 Å². The van der Waals surface area contributed by atoms with Gasteiger partial charge in [0.15, 0.2) is 0 Å². The molecule has 1 aliphatic carbocycles. The molecule has 1 saturated heterocycles. The van der Waals surface area contributed by atoms with Crippen LogP contribution in [0.15, 0.2) is 0 Å². The molecule has 1 heterocycles. The van der Waals surface area contributed by atoms with Gasteiger partial charge in [0.25, 0.3) is 0 Å². The summed E-state index contributed by atoms with van der Waals surface area (Å²) in [6.07, 6.45) is 4.48. The number of hydrogen-bond acceptors (Lipinski definition) is 3. The Morgan fingerprint density at radius 3 is 2.56 bits per heavy atom. The van der Waals surface area contributed by atoms with Crippen molar-refractivity contribution >= 4 is 11.9 Å². The van der Waals surface area contributed by atoms with E-state index < -0.39 is 12.0 Å². The Hall–Kier alpha value is -1.10. The van der Waals surface area contributed by atoms with Gasteiger partial charge >= 0.3 is 5.97 Å². The Balaban J connectivity index is 1.95. The van der Waals surface area contributed by atoms with E-state index >= 15 is 0 Å². The van der Waals surface area contributed by atoms with Crippen molar-refractivity contribution in [3.8, 4) is 0 Å². The highest BCUT2D eigenvalue weighted by molar-refractivity contribution is 5.85. The fourth-order valence-electron chi connectivity index (χ4n) is 2.53. The van der Waals surface area contributed by atoms with Gasteiger partial charge in [-0.05, 0) is 32.1 Å². The topological polar surface area (TPSA) is 83.6 Å². The molecule has 5 heteroatoms. The molecule has 5 nitrogen and oxygen atoms in total. The molecule has 1 atom stereocenters. The van der Waals surface area contributed by atoms with Crippen molar-refractivity contribution in [2.24, 2.45) is 5.73 Å². The van der Waals surface area contributed by atoms with Crippen LogP contribution in [0.2, 0.25) is 0 Å². The predicted octanol–water partition coefficient (Wildman–Crippen LogP) is 0.333. The minimum absolute atomic E-state index is 0.0906. The monoisotopic (exact) mass is 226 g/mol. The number of nitrogens with two attached hydrogens (primary N) is 1. The van der Waals surface area contributed by atoms with Crippen molar-refractivity contribution in [1.82, 2.24) is 4.90 Å². The molecule has 0 bridgehead atoms. The van der Waals surface area contributed by atoms with Crippen LogP contribution in [0.3, 0.4) is 0 Å². The highest BCUT2D eigenvalue weighted by Gasteiger charge is 2.40. The van der Waals surface area contributed by atoms with Gasteiger partial charge in [-0.15, -0.1) is 0 Å². The van der Waals surface area contributed by atoms with E-state index in [0.29, 0.717) is 19.4 Å². The Kier molecular flexibility index (Phi) is 2.88. The van der Waals surface area contributed by atoms with Crippen molar-refractivity contribution in [3.63, 3.8) is 0 Å². The summed E-state index contributed by atoms with van der Waals surface area (Å²) < 4.78 is 0. The van der Waals surface area contributed by atoms with Crippen LogP contribution in [-0.4, -0.2) is 40.0 Å². The second-order valence-corrected chi connectivity index (χ2v) is 4.98. The van der Waals surface area contributed by atoms with Gasteiger partial charge < -0.3 is 15.7 Å². The maximum absolute atomic E-state index is 12.0. The normalized spacial score (nSPS) is 27.6. The number of carbonyl (C=O) groups is 2. The van der Waals surface area contributed by atoms with E-state index in [4.69, 9.17) is 10.8 Å². The molecule has 2 fully saturated rings. The van der Waals surface area contributed by atoms with E-state index in [1.165, 1.54) is 4.90 Å². The lowest BCUT2D eigenvalue weighted by Crippen LogP contribution is -2.52. The highest BCUT2D eigenvalue weighted by atomic mass is 16.4. The molecule has 0 radical (unpaired) electrons. The number of likely N-dealkylation sites (tertiary alicyclic amines) is 1. The van der Waals surface area contributed by atoms with Crippen LogP contribution in [0.5, 0.6) is 0 Å². The molecule has 3 N–H and O–H groups in total. The predicted molar refractivity (Wildman–Crippen MR) is 57.8 cm³/mol. The van der Waals surface area contributed by atoms with E-state index in [1.54, 1.807) is 0 Å². The van der Waals surface area contributed by atoms with Crippen LogP contribution < -0.4 is 5.73 Å². The Morgan fingerprint density at radius 1 is 1.38 bits per heavy atom. The van der Waals surface area contributed by atoms with Gasteiger partial charge in [-0.1, -0.05) is 0 Å². The molecule has 1 amide bonds. The SMILES string of the molecule is NC1(CC(=O)N2CCC[C@H]2C(=O)O)CCC1. The van der Waals surface area contributed by atoms with E-state index in [1.807, 2.05) is 0 Å². The third-order valence-electron chi connectivity index (χ3n) is 3.71. The first-order valence-electron chi connectivity index (χ1n) is 5.83. The maximum Gasteiger partial charge on any atom is 0.326 e. The first-order valence-corrected chi connectivity index (χ1v) is 5.83. The molecule has 16 heavy (non-hydrogen) atoms. The fourth-order valence-corrected chi connectivity index (χ4v) is 2.53. The quantitative estimate of drug-likeness (QED) is 0.726. The smallest absolute Gasteiger partial charge is 0.326 e. The highest BCUT2D eigenvalue weighted by Crippen LogP contribution is 2.33. The summed E-state index contributed by atoms with van der Waals surface area (Å²) in [6.45, 7) is 0.561. The zero-order valence-electron chi connectivity index (χ0n) is 9.32. The number of nitrogens with zero attached hydrogens (tertiary/aromatic N) is 1. The molecule has 90 valence electrons. The second kappa shape index (κ2) is 4.05. The first-order chi connectivity index (χ1) is 7.52. The number of hydrogen-bond donors (Lipinski definition) is 2. The Labute approximate surface area is 94.6 Å². The summed E-state index contributed by atoms with van der Waals surface area (Å²) in [5.41, 5.74) is 5.64. The minimum Gasteiger partial charge on any atom is -0.480 e. The van der Waals surface area contributed by atoms with Crippen molar-refractivity contribution in [2.75, 3.05) is 6.54 Å². The third kappa shape index (κ3) is 2.04.